The number of halogens is 2. The number of carbonyl (C=O) groups is 2. The molecule has 0 radical (unpaired) electrons. The van der Waals surface area contributed by atoms with Crippen LogP contribution in [0.15, 0.2) is 108 Å². The van der Waals surface area contributed by atoms with Gasteiger partial charge in [0.05, 0.1) is 10.6 Å². The average molecular weight is 636 g/mol. The zero-order valence-corrected chi connectivity index (χ0v) is 26.2. The van der Waals surface area contributed by atoms with Crippen LogP contribution >= 0.6 is 11.6 Å². The van der Waals surface area contributed by atoms with E-state index in [1.165, 1.54) is 35.2 Å². The van der Waals surface area contributed by atoms with Crippen LogP contribution in [-0.4, -0.2) is 44.3 Å². The fraction of sp³-hybridized carbons (Fsp3) is 0.235. The van der Waals surface area contributed by atoms with Crippen molar-refractivity contribution in [1.29, 1.82) is 0 Å². The van der Waals surface area contributed by atoms with Crippen LogP contribution in [0.25, 0.3) is 0 Å². The fourth-order valence-electron chi connectivity index (χ4n) is 4.71. The van der Waals surface area contributed by atoms with Gasteiger partial charge in [-0.1, -0.05) is 90.8 Å². The normalized spacial score (nSPS) is 11.9. The summed E-state index contributed by atoms with van der Waals surface area (Å²) in [5.74, 6) is -1.86. The maximum atomic E-state index is 15.2. The van der Waals surface area contributed by atoms with Crippen LogP contribution in [0.5, 0.6) is 0 Å². The summed E-state index contributed by atoms with van der Waals surface area (Å²) in [5.41, 5.74) is 2.07. The summed E-state index contributed by atoms with van der Waals surface area (Å²) in [6, 6.07) is 26.6. The summed E-state index contributed by atoms with van der Waals surface area (Å²) >= 11 is 6.10. The molecule has 1 N–H and O–H groups in total. The number of benzene rings is 4. The van der Waals surface area contributed by atoms with Crippen molar-refractivity contribution in [3.8, 4) is 0 Å². The molecule has 0 aromatic heterocycles. The van der Waals surface area contributed by atoms with Gasteiger partial charge in [0.25, 0.3) is 10.0 Å². The SMILES string of the molecule is CCCNC(=O)[C@@H](Cc1ccccc1)N(Cc1ccc(Cl)cc1)C(=O)CN(c1ccccc1F)S(=O)(=O)c1ccc(C)cc1. The lowest BCUT2D eigenvalue weighted by molar-refractivity contribution is -0.140. The van der Waals surface area contributed by atoms with E-state index in [2.05, 4.69) is 5.32 Å². The summed E-state index contributed by atoms with van der Waals surface area (Å²) in [6.07, 6.45) is 0.866. The van der Waals surface area contributed by atoms with Crippen molar-refractivity contribution in [3.05, 3.63) is 131 Å². The molecule has 0 bridgehead atoms. The maximum Gasteiger partial charge on any atom is 0.264 e. The summed E-state index contributed by atoms with van der Waals surface area (Å²) < 4.78 is 43.9. The topological polar surface area (TPSA) is 86.8 Å². The van der Waals surface area contributed by atoms with Gasteiger partial charge in [0, 0.05) is 24.5 Å². The highest BCUT2D eigenvalue weighted by Crippen LogP contribution is 2.27. The van der Waals surface area contributed by atoms with Gasteiger partial charge in [-0.15, -0.1) is 0 Å². The Morgan fingerprint density at radius 3 is 2.14 bits per heavy atom. The number of amides is 2. The average Bonchev–Trinajstić information content (AvgIpc) is 3.02. The largest absolute Gasteiger partial charge is 0.354 e. The van der Waals surface area contributed by atoms with Gasteiger partial charge in [-0.25, -0.2) is 12.8 Å². The van der Waals surface area contributed by atoms with Crippen LogP contribution in [0.3, 0.4) is 0 Å². The number of para-hydroxylation sites is 1. The van der Waals surface area contributed by atoms with Gasteiger partial charge >= 0.3 is 0 Å². The zero-order valence-electron chi connectivity index (χ0n) is 24.6. The lowest BCUT2D eigenvalue weighted by Gasteiger charge is -2.34. The van der Waals surface area contributed by atoms with E-state index >= 15 is 4.39 Å². The van der Waals surface area contributed by atoms with Gasteiger partial charge in [-0.2, -0.15) is 0 Å². The molecule has 0 heterocycles. The number of nitrogens with zero attached hydrogens (tertiary/aromatic N) is 2. The number of nitrogens with one attached hydrogen (secondary N) is 1. The van der Waals surface area contributed by atoms with Gasteiger partial charge < -0.3 is 10.2 Å². The Balaban J connectivity index is 1.80. The minimum absolute atomic E-state index is 0.0112. The maximum absolute atomic E-state index is 15.2. The van der Waals surface area contributed by atoms with Crippen LogP contribution in [0.2, 0.25) is 5.02 Å². The summed E-state index contributed by atoms with van der Waals surface area (Å²) in [7, 11) is -4.39. The Labute approximate surface area is 263 Å². The van der Waals surface area contributed by atoms with Crippen LogP contribution in [0.1, 0.15) is 30.0 Å². The van der Waals surface area contributed by atoms with Gasteiger partial charge in [0.15, 0.2) is 0 Å². The minimum atomic E-state index is -4.39. The molecular weight excluding hydrogens is 601 g/mol. The van der Waals surface area contributed by atoms with Gasteiger partial charge in [-0.05, 0) is 60.9 Å². The Kier molecular flexibility index (Phi) is 11.1. The minimum Gasteiger partial charge on any atom is -0.354 e. The highest BCUT2D eigenvalue weighted by molar-refractivity contribution is 7.92. The molecule has 0 spiro atoms. The molecular formula is C34H35ClFN3O4S. The molecule has 1 atom stereocenters. The Hall–Kier alpha value is -4.21. The van der Waals surface area contributed by atoms with Crippen molar-refractivity contribution in [2.75, 3.05) is 17.4 Å². The second-order valence-corrected chi connectivity index (χ2v) is 12.7. The predicted octanol–water partition coefficient (Wildman–Crippen LogP) is 6.15. The molecule has 0 saturated heterocycles. The van der Waals surface area contributed by atoms with Crippen molar-refractivity contribution in [2.45, 2.75) is 44.2 Å². The molecule has 0 aliphatic carbocycles. The van der Waals surface area contributed by atoms with Crippen LogP contribution in [0, 0.1) is 12.7 Å². The lowest BCUT2D eigenvalue weighted by atomic mass is 10.0. The number of hydrogen-bond donors (Lipinski definition) is 1. The van der Waals surface area contributed by atoms with E-state index < -0.39 is 34.3 Å². The quantitative estimate of drug-likeness (QED) is 0.191. The molecule has 0 saturated carbocycles. The number of carbonyl (C=O) groups excluding carboxylic acids is 2. The molecule has 230 valence electrons. The standard InChI is InChI=1S/C34H35ClFN3O4S/c1-3-21-37-34(41)32(22-26-9-5-4-6-10-26)38(23-27-15-17-28(35)18-16-27)33(40)24-39(31-12-8-7-11-30(31)36)44(42,43)29-19-13-25(2)14-20-29/h4-20,32H,3,21-24H2,1-2H3,(H,37,41)/t32-/m1/s1. The number of aryl methyl sites for hydroxylation is 1. The first kappa shape index (κ1) is 32.7. The molecule has 10 heteroatoms. The third-order valence-corrected chi connectivity index (χ3v) is 9.12. The van der Waals surface area contributed by atoms with E-state index in [1.54, 1.807) is 36.4 Å². The first-order chi connectivity index (χ1) is 21.1. The monoisotopic (exact) mass is 635 g/mol. The third kappa shape index (κ3) is 8.24. The smallest absolute Gasteiger partial charge is 0.264 e. The molecule has 4 aromatic rings. The molecule has 0 aliphatic heterocycles. The molecule has 2 amide bonds. The van der Waals surface area contributed by atoms with Crippen molar-refractivity contribution in [1.82, 2.24) is 10.2 Å². The number of rotatable bonds is 13. The van der Waals surface area contributed by atoms with E-state index in [0.29, 0.717) is 23.6 Å². The van der Waals surface area contributed by atoms with Gasteiger partial charge in [0.2, 0.25) is 11.8 Å². The second-order valence-electron chi connectivity index (χ2n) is 10.4. The predicted molar refractivity (Wildman–Crippen MR) is 171 cm³/mol. The first-order valence-electron chi connectivity index (χ1n) is 14.3. The highest BCUT2D eigenvalue weighted by Gasteiger charge is 2.35. The molecule has 7 nitrogen and oxygen atoms in total. The van der Waals surface area contributed by atoms with E-state index in [0.717, 1.165) is 21.5 Å². The molecule has 0 unspecified atom stereocenters. The Morgan fingerprint density at radius 1 is 0.864 bits per heavy atom. The van der Waals surface area contributed by atoms with Crippen molar-refractivity contribution < 1.29 is 22.4 Å². The summed E-state index contributed by atoms with van der Waals surface area (Å²) in [4.78, 5) is 29.3. The van der Waals surface area contributed by atoms with E-state index in [4.69, 9.17) is 11.6 Å². The van der Waals surface area contributed by atoms with E-state index in [9.17, 15) is 18.0 Å². The Bertz CT molecular complexity index is 1670. The lowest BCUT2D eigenvalue weighted by Crippen LogP contribution is -2.53. The van der Waals surface area contributed by atoms with Gasteiger partial charge in [0.1, 0.15) is 18.4 Å². The van der Waals surface area contributed by atoms with E-state index in [1.807, 2.05) is 44.2 Å². The van der Waals surface area contributed by atoms with Crippen LogP contribution in [-0.2, 0) is 32.6 Å². The first-order valence-corrected chi connectivity index (χ1v) is 16.1. The zero-order chi connectivity index (χ0) is 31.7. The molecule has 44 heavy (non-hydrogen) atoms. The van der Waals surface area contributed by atoms with Crippen molar-refractivity contribution in [3.63, 3.8) is 0 Å². The Morgan fingerprint density at radius 2 is 1.50 bits per heavy atom. The molecule has 4 rings (SSSR count). The molecule has 0 aliphatic rings. The molecule has 0 fully saturated rings. The van der Waals surface area contributed by atoms with Crippen molar-refractivity contribution >= 4 is 39.1 Å². The third-order valence-electron chi connectivity index (χ3n) is 7.10. The molecule has 4 aromatic carbocycles. The second kappa shape index (κ2) is 15.0. The van der Waals surface area contributed by atoms with Crippen molar-refractivity contribution in [2.24, 2.45) is 0 Å². The van der Waals surface area contributed by atoms with Crippen LogP contribution in [0.4, 0.5) is 10.1 Å². The van der Waals surface area contributed by atoms with Crippen LogP contribution < -0.4 is 9.62 Å². The number of anilines is 1. The number of sulfonamides is 1. The highest BCUT2D eigenvalue weighted by atomic mass is 35.5. The van der Waals surface area contributed by atoms with Gasteiger partial charge in [-0.3, -0.25) is 13.9 Å². The number of hydrogen-bond acceptors (Lipinski definition) is 4. The summed E-state index contributed by atoms with van der Waals surface area (Å²) in [5, 5.41) is 3.40. The van der Waals surface area contributed by atoms with E-state index in [-0.39, 0.29) is 29.5 Å². The summed E-state index contributed by atoms with van der Waals surface area (Å²) in [6.45, 7) is 3.39. The fourth-order valence-corrected chi connectivity index (χ4v) is 6.26.